The second kappa shape index (κ2) is 5.63. The zero-order valence-corrected chi connectivity index (χ0v) is 11.8. The zero-order chi connectivity index (χ0) is 13.9. The number of nitrogens with zero attached hydrogens (tertiary/aromatic N) is 3. The summed E-state index contributed by atoms with van der Waals surface area (Å²) in [6, 6.07) is 8.07. The van der Waals surface area contributed by atoms with Crippen LogP contribution in [0.15, 0.2) is 24.3 Å². The highest BCUT2D eigenvalue weighted by molar-refractivity contribution is 5.78. The molecule has 1 saturated heterocycles. The summed E-state index contributed by atoms with van der Waals surface area (Å²) in [6.07, 6.45) is 2.27. The number of imidazole rings is 1. The highest BCUT2D eigenvalue weighted by Crippen LogP contribution is 2.14. The molecule has 2 aromatic rings. The third kappa shape index (κ3) is 2.54. The summed E-state index contributed by atoms with van der Waals surface area (Å²) >= 11 is 0. The van der Waals surface area contributed by atoms with E-state index in [-0.39, 0.29) is 5.91 Å². The van der Waals surface area contributed by atoms with Crippen LogP contribution in [0.4, 0.5) is 0 Å². The van der Waals surface area contributed by atoms with Crippen molar-refractivity contribution < 1.29 is 4.79 Å². The van der Waals surface area contributed by atoms with Crippen molar-refractivity contribution in [1.29, 1.82) is 0 Å². The molecule has 1 amide bonds. The van der Waals surface area contributed by atoms with Crippen LogP contribution < -0.4 is 5.32 Å². The van der Waals surface area contributed by atoms with Crippen molar-refractivity contribution in [3.05, 3.63) is 30.1 Å². The van der Waals surface area contributed by atoms with Gasteiger partial charge in [0, 0.05) is 20.1 Å². The monoisotopic (exact) mass is 272 g/mol. The van der Waals surface area contributed by atoms with E-state index in [1.54, 1.807) is 0 Å². The topological polar surface area (TPSA) is 50.2 Å². The number of hydrogen-bond donors (Lipinski definition) is 1. The van der Waals surface area contributed by atoms with Crippen molar-refractivity contribution in [3.63, 3.8) is 0 Å². The fourth-order valence-electron chi connectivity index (χ4n) is 2.71. The molecule has 106 valence electrons. The number of hydrogen-bond acceptors (Lipinski definition) is 3. The van der Waals surface area contributed by atoms with E-state index in [0.717, 1.165) is 42.8 Å². The first kappa shape index (κ1) is 13.1. The number of fused-ring (bicyclic) bond motifs is 1. The van der Waals surface area contributed by atoms with Crippen LogP contribution in [0.3, 0.4) is 0 Å². The van der Waals surface area contributed by atoms with Gasteiger partial charge in [0.05, 0.1) is 24.1 Å². The number of amides is 1. The van der Waals surface area contributed by atoms with Gasteiger partial charge in [-0.2, -0.15) is 0 Å². The maximum absolute atomic E-state index is 11.9. The van der Waals surface area contributed by atoms with E-state index in [1.165, 1.54) is 0 Å². The van der Waals surface area contributed by atoms with E-state index in [4.69, 9.17) is 0 Å². The predicted molar refractivity (Wildman–Crippen MR) is 78.2 cm³/mol. The van der Waals surface area contributed by atoms with E-state index in [2.05, 4.69) is 20.9 Å². The summed E-state index contributed by atoms with van der Waals surface area (Å²) in [6.45, 7) is 2.83. The first-order valence-corrected chi connectivity index (χ1v) is 7.14. The van der Waals surface area contributed by atoms with E-state index in [9.17, 15) is 4.79 Å². The molecule has 0 radical (unpaired) electrons. The Balaban J connectivity index is 1.59. The summed E-state index contributed by atoms with van der Waals surface area (Å²) in [4.78, 5) is 18.4. The van der Waals surface area contributed by atoms with Gasteiger partial charge < -0.3 is 14.8 Å². The molecule has 0 atom stereocenters. The summed E-state index contributed by atoms with van der Waals surface area (Å²) in [7, 11) is 2.01. The first-order chi connectivity index (χ1) is 9.75. The molecule has 1 aliphatic heterocycles. The number of rotatable bonds is 4. The van der Waals surface area contributed by atoms with Gasteiger partial charge in [0.2, 0.25) is 5.91 Å². The molecule has 2 heterocycles. The third-order valence-corrected chi connectivity index (χ3v) is 3.90. The van der Waals surface area contributed by atoms with Gasteiger partial charge in [0.15, 0.2) is 0 Å². The number of aromatic nitrogens is 2. The van der Waals surface area contributed by atoms with E-state index < -0.39 is 0 Å². The molecule has 0 saturated carbocycles. The van der Waals surface area contributed by atoms with Crippen LogP contribution in [-0.4, -0.2) is 40.0 Å². The van der Waals surface area contributed by atoms with Crippen LogP contribution in [0.2, 0.25) is 0 Å². The second-order valence-corrected chi connectivity index (χ2v) is 5.27. The Morgan fingerprint density at radius 3 is 2.80 bits per heavy atom. The molecule has 0 spiro atoms. The van der Waals surface area contributed by atoms with Crippen LogP contribution in [0.5, 0.6) is 0 Å². The van der Waals surface area contributed by atoms with Gasteiger partial charge >= 0.3 is 0 Å². The lowest BCUT2D eigenvalue weighted by molar-refractivity contribution is -0.129. The molecular weight excluding hydrogens is 252 g/mol. The highest BCUT2D eigenvalue weighted by atomic mass is 16.2. The van der Waals surface area contributed by atoms with Crippen molar-refractivity contribution in [2.45, 2.75) is 19.4 Å². The van der Waals surface area contributed by atoms with E-state index in [1.807, 2.05) is 30.1 Å². The molecule has 20 heavy (non-hydrogen) atoms. The zero-order valence-electron chi connectivity index (χ0n) is 11.8. The maximum atomic E-state index is 11.9. The molecule has 1 aliphatic rings. The molecule has 3 rings (SSSR count). The van der Waals surface area contributed by atoms with Crippen LogP contribution >= 0.6 is 0 Å². The van der Waals surface area contributed by atoms with Crippen molar-refractivity contribution in [2.75, 3.05) is 19.6 Å². The van der Waals surface area contributed by atoms with E-state index >= 15 is 0 Å². The maximum Gasteiger partial charge on any atom is 0.236 e. The van der Waals surface area contributed by atoms with Crippen LogP contribution in [0, 0.1) is 0 Å². The number of benzene rings is 1. The fraction of sp³-hybridized carbons (Fsp3) is 0.467. The molecule has 1 N–H and O–H groups in total. The predicted octanol–water partition coefficient (Wildman–Crippen LogP) is 1.29. The van der Waals surface area contributed by atoms with Gasteiger partial charge in [-0.3, -0.25) is 4.79 Å². The van der Waals surface area contributed by atoms with E-state index in [0.29, 0.717) is 13.1 Å². The Hall–Kier alpha value is -1.88. The summed E-state index contributed by atoms with van der Waals surface area (Å²) < 4.78 is 2.07. The molecule has 0 bridgehead atoms. The second-order valence-electron chi connectivity index (χ2n) is 5.27. The minimum atomic E-state index is 0.196. The Labute approximate surface area is 118 Å². The average molecular weight is 272 g/mol. The van der Waals surface area contributed by atoms with Crippen molar-refractivity contribution in [2.24, 2.45) is 7.05 Å². The Morgan fingerprint density at radius 1 is 1.30 bits per heavy atom. The van der Waals surface area contributed by atoms with Gasteiger partial charge in [-0.15, -0.1) is 0 Å². The van der Waals surface area contributed by atoms with Crippen LogP contribution in [0.25, 0.3) is 11.0 Å². The largest absolute Gasteiger partial charge is 0.342 e. The molecule has 0 unspecified atom stereocenters. The molecule has 0 aliphatic carbocycles. The van der Waals surface area contributed by atoms with Gasteiger partial charge in [-0.1, -0.05) is 12.1 Å². The normalized spacial score (nSPS) is 15.2. The summed E-state index contributed by atoms with van der Waals surface area (Å²) in [5.74, 6) is 1.15. The average Bonchev–Trinajstić information content (AvgIpc) is 3.09. The number of likely N-dealkylation sites (tertiary alicyclic amines) is 1. The molecule has 1 fully saturated rings. The lowest BCUT2D eigenvalue weighted by Crippen LogP contribution is -2.36. The van der Waals surface area contributed by atoms with Gasteiger partial charge in [0.25, 0.3) is 0 Å². The fourth-order valence-corrected chi connectivity index (χ4v) is 2.71. The van der Waals surface area contributed by atoms with Gasteiger partial charge in [-0.25, -0.2) is 4.98 Å². The Morgan fingerprint density at radius 2 is 2.05 bits per heavy atom. The number of para-hydroxylation sites is 2. The summed E-state index contributed by atoms with van der Waals surface area (Å²) in [5, 5.41) is 3.21. The number of carbonyl (C=O) groups is 1. The highest BCUT2D eigenvalue weighted by Gasteiger charge is 2.17. The molecule has 5 nitrogen and oxygen atoms in total. The number of aryl methyl sites for hydroxylation is 1. The minimum absolute atomic E-state index is 0.196. The van der Waals surface area contributed by atoms with Gasteiger partial charge in [0.1, 0.15) is 5.82 Å². The lowest BCUT2D eigenvalue weighted by atomic mass is 10.3. The smallest absolute Gasteiger partial charge is 0.236 e. The Kier molecular flexibility index (Phi) is 3.69. The molecular formula is C15H20N4O. The summed E-state index contributed by atoms with van der Waals surface area (Å²) in [5.41, 5.74) is 2.12. The SMILES string of the molecule is Cn1c(CNCC(=O)N2CCCC2)nc2ccccc21. The van der Waals surface area contributed by atoms with Crippen molar-refractivity contribution >= 4 is 16.9 Å². The van der Waals surface area contributed by atoms with Crippen molar-refractivity contribution in [1.82, 2.24) is 19.8 Å². The number of nitrogens with one attached hydrogen (secondary N) is 1. The quantitative estimate of drug-likeness (QED) is 0.912. The standard InChI is InChI=1S/C15H20N4O/c1-18-13-7-3-2-6-12(13)17-14(18)10-16-11-15(20)19-8-4-5-9-19/h2-3,6-7,16H,4-5,8-11H2,1H3. The van der Waals surface area contributed by atoms with Gasteiger partial charge in [-0.05, 0) is 25.0 Å². The molecule has 1 aromatic heterocycles. The minimum Gasteiger partial charge on any atom is -0.342 e. The third-order valence-electron chi connectivity index (χ3n) is 3.90. The first-order valence-electron chi connectivity index (χ1n) is 7.14. The van der Waals surface area contributed by atoms with Crippen molar-refractivity contribution in [3.8, 4) is 0 Å². The lowest BCUT2D eigenvalue weighted by Gasteiger charge is -2.15. The van der Waals surface area contributed by atoms with Crippen LogP contribution in [-0.2, 0) is 18.4 Å². The molecule has 5 heteroatoms. The Bertz CT molecular complexity index is 613. The van der Waals surface area contributed by atoms with Crippen LogP contribution in [0.1, 0.15) is 18.7 Å². The number of carbonyl (C=O) groups excluding carboxylic acids is 1. The molecule has 1 aromatic carbocycles.